The standard InChI is InChI=1S/C31H34N6O3S/c1-18-22(4-3-5-24(18)33-30(38)26-16-23-19-6-7-20(14-19)29(23)41-26)21-15-25(31(39)36(2)17-21)32-27-8-9-28(35-34-27)37-10-12-40-13-11-37/h3-5,8-9,15-17,19-20,31,39H,6-7,10-14H2,1-2H3,(H,32,34)(H,33,38). The molecule has 7 rings (SSSR count). The molecule has 3 N–H and O–H groups in total. The third kappa shape index (κ3) is 4.90. The van der Waals surface area contributed by atoms with Gasteiger partial charge in [0, 0.05) is 36.9 Å². The summed E-state index contributed by atoms with van der Waals surface area (Å²) in [7, 11) is 1.83. The number of nitrogens with one attached hydrogen (secondary N) is 2. The Labute approximate surface area is 243 Å². The minimum absolute atomic E-state index is 0.0498. The average molecular weight is 571 g/mol. The highest BCUT2D eigenvalue weighted by Gasteiger charge is 2.39. The second-order valence-electron chi connectivity index (χ2n) is 11.3. The maximum Gasteiger partial charge on any atom is 0.265 e. The molecule has 3 unspecified atom stereocenters. The zero-order valence-corrected chi connectivity index (χ0v) is 24.1. The van der Waals surface area contributed by atoms with Crippen LogP contribution < -0.4 is 15.5 Å². The Morgan fingerprint density at radius 3 is 2.73 bits per heavy atom. The molecule has 1 saturated heterocycles. The maximum atomic E-state index is 13.3. The summed E-state index contributed by atoms with van der Waals surface area (Å²) < 4.78 is 5.42. The Morgan fingerprint density at radius 1 is 1.12 bits per heavy atom. The summed E-state index contributed by atoms with van der Waals surface area (Å²) in [6.07, 6.45) is 6.76. The van der Waals surface area contributed by atoms with Gasteiger partial charge < -0.3 is 30.3 Å². The zero-order valence-electron chi connectivity index (χ0n) is 23.3. The smallest absolute Gasteiger partial charge is 0.265 e. The molecule has 1 amide bonds. The molecule has 2 aromatic heterocycles. The predicted molar refractivity (Wildman–Crippen MR) is 161 cm³/mol. The van der Waals surface area contributed by atoms with Gasteiger partial charge in [0.25, 0.3) is 5.91 Å². The van der Waals surface area contributed by atoms with E-state index in [0.717, 1.165) is 46.2 Å². The molecule has 2 fully saturated rings. The average Bonchev–Trinajstić information content (AvgIpc) is 3.72. The fraction of sp³-hybridized carbons (Fsp3) is 0.387. The molecule has 4 heterocycles. The lowest BCUT2D eigenvalue weighted by Crippen LogP contribution is -2.37. The number of allylic oxidation sites excluding steroid dienone is 2. The van der Waals surface area contributed by atoms with Gasteiger partial charge in [0.15, 0.2) is 17.9 Å². The van der Waals surface area contributed by atoms with Crippen LogP contribution >= 0.6 is 11.3 Å². The first-order valence-corrected chi connectivity index (χ1v) is 15.1. The van der Waals surface area contributed by atoms with Crippen LogP contribution in [0.2, 0.25) is 0 Å². The molecule has 41 heavy (non-hydrogen) atoms. The number of aliphatic hydroxyl groups excluding tert-OH is 1. The number of aliphatic hydroxyl groups is 1. The first kappa shape index (κ1) is 26.2. The Kier molecular flexibility index (Phi) is 6.76. The van der Waals surface area contributed by atoms with E-state index >= 15 is 0 Å². The molecule has 0 spiro atoms. The number of hydrogen-bond donors (Lipinski definition) is 3. The Hall–Kier alpha value is -3.73. The predicted octanol–water partition coefficient (Wildman–Crippen LogP) is 4.90. The number of rotatable bonds is 6. The van der Waals surface area contributed by atoms with E-state index in [2.05, 4.69) is 31.8 Å². The van der Waals surface area contributed by atoms with Crippen molar-refractivity contribution >= 4 is 40.1 Å². The Bertz CT molecular complexity index is 1510. The topological polar surface area (TPSA) is 103 Å². The molecule has 10 heteroatoms. The number of anilines is 3. The quantitative estimate of drug-likeness (QED) is 0.385. The summed E-state index contributed by atoms with van der Waals surface area (Å²) >= 11 is 1.67. The second kappa shape index (κ2) is 10.6. The highest BCUT2D eigenvalue weighted by Crippen LogP contribution is 2.56. The zero-order chi connectivity index (χ0) is 28.1. The molecule has 2 aliphatic heterocycles. The van der Waals surface area contributed by atoms with Gasteiger partial charge in [0.1, 0.15) is 0 Å². The number of nitrogens with zero attached hydrogens (tertiary/aromatic N) is 4. The van der Waals surface area contributed by atoms with Gasteiger partial charge >= 0.3 is 0 Å². The third-order valence-electron chi connectivity index (χ3n) is 8.73. The second-order valence-corrected chi connectivity index (χ2v) is 12.4. The highest BCUT2D eigenvalue weighted by atomic mass is 32.1. The molecule has 3 aromatic rings. The van der Waals surface area contributed by atoms with Crippen LogP contribution in [0.1, 0.15) is 62.3 Å². The van der Waals surface area contributed by atoms with Crippen LogP contribution in [0, 0.1) is 6.92 Å². The number of carbonyl (C=O) groups is 1. The van der Waals surface area contributed by atoms with Crippen LogP contribution in [0.4, 0.5) is 17.3 Å². The van der Waals surface area contributed by atoms with Crippen LogP contribution in [0.15, 0.2) is 54.4 Å². The Balaban J connectivity index is 1.09. The van der Waals surface area contributed by atoms with Gasteiger partial charge in [-0.3, -0.25) is 4.79 Å². The maximum absolute atomic E-state index is 13.3. The number of ether oxygens (including phenoxy) is 1. The molecule has 2 aliphatic carbocycles. The van der Waals surface area contributed by atoms with E-state index in [1.54, 1.807) is 16.2 Å². The lowest BCUT2D eigenvalue weighted by molar-refractivity contribution is 0.0878. The van der Waals surface area contributed by atoms with Crippen molar-refractivity contribution in [2.45, 2.75) is 44.2 Å². The van der Waals surface area contributed by atoms with E-state index in [-0.39, 0.29) is 5.91 Å². The van der Waals surface area contributed by atoms with E-state index in [1.807, 2.05) is 56.6 Å². The van der Waals surface area contributed by atoms with Crippen molar-refractivity contribution in [3.8, 4) is 0 Å². The van der Waals surface area contributed by atoms with E-state index in [1.165, 1.54) is 29.7 Å². The molecular weight excluding hydrogens is 536 g/mol. The highest BCUT2D eigenvalue weighted by molar-refractivity contribution is 7.14. The van der Waals surface area contributed by atoms with Crippen LogP contribution in [0.5, 0.6) is 0 Å². The SMILES string of the molecule is Cc1c(NC(=O)c2cc3c(s2)C2CCC3C2)cccc1C1=CN(C)C(O)C(Nc2ccc(N3CCOCC3)nn2)=C1. The number of fused-ring (bicyclic) bond motifs is 5. The lowest BCUT2D eigenvalue weighted by Gasteiger charge is -2.30. The molecule has 4 aliphatic rings. The van der Waals surface area contributed by atoms with Gasteiger partial charge in [-0.1, -0.05) is 12.1 Å². The van der Waals surface area contributed by atoms with E-state index in [0.29, 0.717) is 36.6 Å². The van der Waals surface area contributed by atoms with Gasteiger partial charge in [-0.25, -0.2) is 0 Å². The minimum Gasteiger partial charge on any atom is -0.378 e. The fourth-order valence-electron chi connectivity index (χ4n) is 6.48. The normalized spacial score (nSPS) is 23.2. The molecule has 3 atom stereocenters. The number of carbonyl (C=O) groups excluding carboxylic acids is 1. The van der Waals surface area contributed by atoms with Gasteiger partial charge in [-0.15, -0.1) is 21.5 Å². The lowest BCUT2D eigenvalue weighted by atomic mass is 9.96. The monoisotopic (exact) mass is 570 g/mol. The van der Waals surface area contributed by atoms with Crippen LogP contribution in [-0.2, 0) is 4.74 Å². The van der Waals surface area contributed by atoms with Crippen molar-refractivity contribution < 1.29 is 14.6 Å². The summed E-state index contributed by atoms with van der Waals surface area (Å²) in [4.78, 5) is 19.4. The summed E-state index contributed by atoms with van der Waals surface area (Å²) in [5, 5.41) is 26.0. The molecular formula is C31H34N6O3S. The number of thiophene rings is 1. The van der Waals surface area contributed by atoms with Gasteiger partial charge in [0.2, 0.25) is 0 Å². The van der Waals surface area contributed by atoms with Crippen molar-refractivity contribution in [2.75, 3.05) is 48.9 Å². The van der Waals surface area contributed by atoms with Crippen LogP contribution in [-0.4, -0.2) is 65.7 Å². The number of morpholine rings is 1. The van der Waals surface area contributed by atoms with Gasteiger partial charge in [-0.2, -0.15) is 0 Å². The first-order valence-electron chi connectivity index (χ1n) is 14.3. The third-order valence-corrected chi connectivity index (χ3v) is 10.0. The first-order chi connectivity index (χ1) is 19.9. The van der Waals surface area contributed by atoms with Gasteiger partial charge in [-0.05, 0) is 90.6 Å². The number of likely N-dealkylation sites (N-methyl/N-ethyl adjacent to an activating group) is 1. The number of aromatic nitrogens is 2. The van der Waals surface area contributed by atoms with Crippen molar-refractivity contribution in [3.05, 3.63) is 80.8 Å². The molecule has 9 nitrogen and oxygen atoms in total. The number of benzene rings is 1. The van der Waals surface area contributed by atoms with Crippen molar-refractivity contribution in [1.29, 1.82) is 0 Å². The summed E-state index contributed by atoms with van der Waals surface area (Å²) in [6, 6.07) is 11.9. The minimum atomic E-state index is -0.862. The summed E-state index contributed by atoms with van der Waals surface area (Å²) in [5.41, 5.74) is 5.63. The summed E-state index contributed by atoms with van der Waals surface area (Å²) in [6.45, 7) is 4.97. The number of amides is 1. The fourth-order valence-corrected chi connectivity index (χ4v) is 7.77. The van der Waals surface area contributed by atoms with E-state index in [9.17, 15) is 9.90 Å². The Morgan fingerprint density at radius 2 is 1.95 bits per heavy atom. The molecule has 212 valence electrons. The largest absolute Gasteiger partial charge is 0.378 e. The number of hydrogen-bond acceptors (Lipinski definition) is 9. The van der Waals surface area contributed by atoms with E-state index in [4.69, 9.17) is 4.74 Å². The molecule has 0 radical (unpaired) electrons. The van der Waals surface area contributed by atoms with Gasteiger partial charge in [0.05, 0.1) is 23.8 Å². The van der Waals surface area contributed by atoms with Crippen LogP contribution in [0.25, 0.3) is 5.57 Å². The van der Waals surface area contributed by atoms with Crippen molar-refractivity contribution in [2.24, 2.45) is 0 Å². The molecule has 2 bridgehead atoms. The molecule has 1 saturated carbocycles. The van der Waals surface area contributed by atoms with Crippen LogP contribution in [0.3, 0.4) is 0 Å². The molecule has 1 aromatic carbocycles. The van der Waals surface area contributed by atoms with Crippen molar-refractivity contribution in [3.63, 3.8) is 0 Å². The van der Waals surface area contributed by atoms with E-state index < -0.39 is 6.23 Å². The van der Waals surface area contributed by atoms with Crippen molar-refractivity contribution in [1.82, 2.24) is 15.1 Å². The summed E-state index contributed by atoms with van der Waals surface area (Å²) in [5.74, 6) is 2.61.